The van der Waals surface area contributed by atoms with Crippen LogP contribution in [0.4, 0.5) is 0 Å². The minimum absolute atomic E-state index is 0.0109. The van der Waals surface area contributed by atoms with E-state index in [0.717, 1.165) is 44.9 Å². The second-order valence-electron chi connectivity index (χ2n) is 9.27. The van der Waals surface area contributed by atoms with Crippen molar-refractivity contribution in [2.24, 2.45) is 0 Å². The summed E-state index contributed by atoms with van der Waals surface area (Å²) in [6.45, 7) is 6.26. The fraction of sp³-hybridized carbons (Fsp3) is 0.438. The molecule has 1 aromatic carbocycles. The zero-order chi connectivity index (χ0) is 27.9. The fourth-order valence-corrected chi connectivity index (χ4v) is 3.40. The van der Waals surface area contributed by atoms with Gasteiger partial charge in [-0.2, -0.15) is 0 Å². The average molecular weight is 541 g/mol. The molecule has 2 N–H and O–H groups in total. The molecule has 0 heterocycles. The van der Waals surface area contributed by atoms with E-state index in [9.17, 15) is 9.59 Å². The van der Waals surface area contributed by atoms with Gasteiger partial charge in [0.05, 0.1) is 0 Å². The highest BCUT2D eigenvalue weighted by Gasteiger charge is 2.29. The van der Waals surface area contributed by atoms with Crippen molar-refractivity contribution >= 4 is 23.4 Å². The van der Waals surface area contributed by atoms with Crippen molar-refractivity contribution in [2.75, 3.05) is 13.1 Å². The van der Waals surface area contributed by atoms with Crippen LogP contribution in [-0.2, 0) is 9.59 Å². The summed E-state index contributed by atoms with van der Waals surface area (Å²) in [6, 6.07) is 6.86. The maximum absolute atomic E-state index is 12.4. The van der Waals surface area contributed by atoms with E-state index < -0.39 is 5.60 Å². The van der Waals surface area contributed by atoms with E-state index in [2.05, 4.69) is 78.3 Å². The van der Waals surface area contributed by atoms with Crippen molar-refractivity contribution < 1.29 is 14.3 Å². The molecule has 0 aromatic heterocycles. The number of hydrogen-bond donors (Lipinski definition) is 2. The van der Waals surface area contributed by atoms with Crippen LogP contribution in [0.25, 0.3) is 0 Å². The van der Waals surface area contributed by atoms with Gasteiger partial charge in [-0.05, 0) is 83.1 Å². The first-order chi connectivity index (χ1) is 18.3. The van der Waals surface area contributed by atoms with E-state index in [1.54, 1.807) is 38.1 Å². The monoisotopic (exact) mass is 540 g/mol. The van der Waals surface area contributed by atoms with E-state index >= 15 is 0 Å². The number of benzene rings is 1. The number of carbonyl (C=O) groups is 2. The van der Waals surface area contributed by atoms with Crippen LogP contribution in [0, 0.1) is 0 Å². The van der Waals surface area contributed by atoms with E-state index in [0.29, 0.717) is 30.3 Å². The third-order valence-corrected chi connectivity index (χ3v) is 5.65. The normalized spacial score (nSPS) is 12.4. The van der Waals surface area contributed by atoms with Crippen molar-refractivity contribution in [2.45, 2.75) is 77.7 Å². The highest BCUT2D eigenvalue weighted by Crippen LogP contribution is 2.20. The van der Waals surface area contributed by atoms with Crippen molar-refractivity contribution in [3.8, 4) is 5.75 Å². The van der Waals surface area contributed by atoms with Crippen LogP contribution in [0.5, 0.6) is 5.75 Å². The third-order valence-electron chi connectivity index (χ3n) is 5.40. The molecule has 0 aliphatic carbocycles. The summed E-state index contributed by atoms with van der Waals surface area (Å²) in [5, 5.41) is 6.25. The van der Waals surface area contributed by atoms with Gasteiger partial charge >= 0.3 is 0 Å². The molecular weight excluding hydrogens is 496 g/mol. The van der Waals surface area contributed by atoms with Crippen LogP contribution >= 0.6 is 11.6 Å². The van der Waals surface area contributed by atoms with Gasteiger partial charge in [0.2, 0.25) is 5.91 Å². The second-order valence-corrected chi connectivity index (χ2v) is 9.71. The lowest BCUT2D eigenvalue weighted by atomic mass is 10.1. The number of ether oxygens (including phenoxy) is 1. The van der Waals surface area contributed by atoms with Gasteiger partial charge in [0.1, 0.15) is 5.75 Å². The largest absolute Gasteiger partial charge is 0.478 e. The molecule has 0 fully saturated rings. The SMILES string of the molecule is CC/C=C\C/C=C\C/C=C\C/C=C\C/C=C\CCCC(=O)NCCNC(=O)C(C)(C)Oc1ccc(Cl)cc1. The number of carbonyl (C=O) groups excluding carboxylic acids is 2. The van der Waals surface area contributed by atoms with Gasteiger partial charge in [0.25, 0.3) is 5.91 Å². The first kappa shape index (κ1) is 33.0. The summed E-state index contributed by atoms with van der Waals surface area (Å²) in [5.74, 6) is 0.304. The molecule has 38 heavy (non-hydrogen) atoms. The van der Waals surface area contributed by atoms with Gasteiger partial charge in [0.15, 0.2) is 5.60 Å². The van der Waals surface area contributed by atoms with Crippen LogP contribution in [0.3, 0.4) is 0 Å². The lowest BCUT2D eigenvalue weighted by Crippen LogP contribution is -2.48. The molecule has 6 heteroatoms. The maximum Gasteiger partial charge on any atom is 0.263 e. The molecule has 0 unspecified atom stereocenters. The van der Waals surface area contributed by atoms with Gasteiger partial charge in [0, 0.05) is 24.5 Å². The van der Waals surface area contributed by atoms with Gasteiger partial charge in [-0.3, -0.25) is 9.59 Å². The Labute approximate surface area is 234 Å². The van der Waals surface area contributed by atoms with Gasteiger partial charge in [-0.15, -0.1) is 0 Å². The lowest BCUT2D eigenvalue weighted by Gasteiger charge is -2.25. The summed E-state index contributed by atoms with van der Waals surface area (Å²) < 4.78 is 5.76. The number of hydrogen-bond acceptors (Lipinski definition) is 3. The summed E-state index contributed by atoms with van der Waals surface area (Å²) in [4.78, 5) is 24.4. The topological polar surface area (TPSA) is 67.4 Å². The number of allylic oxidation sites excluding steroid dienone is 10. The number of amides is 2. The van der Waals surface area contributed by atoms with E-state index in [1.807, 2.05) is 0 Å². The van der Waals surface area contributed by atoms with E-state index in [4.69, 9.17) is 16.3 Å². The highest BCUT2D eigenvalue weighted by atomic mass is 35.5. The van der Waals surface area contributed by atoms with Crippen molar-refractivity contribution in [3.05, 3.63) is 90.0 Å². The second kappa shape index (κ2) is 20.9. The standard InChI is InChI=1S/C32H45ClN2O3/c1-4-5-6-7-8-9-10-11-12-13-14-15-16-17-18-19-20-21-30(36)34-26-27-35-31(37)32(2,3)38-29-24-22-28(33)23-25-29/h5-6,8-9,11-12,14-15,17-18,22-25H,4,7,10,13,16,19-21,26-27H2,1-3H3,(H,34,36)(H,35,37)/b6-5-,9-8-,12-11-,15-14-,18-17-. The number of halogens is 1. The van der Waals surface area contributed by atoms with Crippen LogP contribution in [0.2, 0.25) is 5.02 Å². The summed E-state index contributed by atoms with van der Waals surface area (Å²) in [5.41, 5.74) is -1.04. The van der Waals surface area contributed by atoms with Crippen LogP contribution in [-0.4, -0.2) is 30.5 Å². The minimum Gasteiger partial charge on any atom is -0.478 e. The Balaban J connectivity index is 2.05. The van der Waals surface area contributed by atoms with Crippen molar-refractivity contribution in [3.63, 3.8) is 0 Å². The number of rotatable bonds is 19. The quantitative estimate of drug-likeness (QED) is 0.140. The van der Waals surface area contributed by atoms with Gasteiger partial charge in [-0.25, -0.2) is 0 Å². The van der Waals surface area contributed by atoms with Crippen LogP contribution < -0.4 is 15.4 Å². The molecule has 2 amide bonds. The summed E-state index contributed by atoms with van der Waals surface area (Å²) >= 11 is 5.88. The molecule has 0 aliphatic rings. The Morgan fingerprint density at radius 2 is 1.29 bits per heavy atom. The Bertz CT molecular complexity index is 944. The van der Waals surface area contributed by atoms with E-state index in [1.165, 1.54) is 0 Å². The number of nitrogens with one attached hydrogen (secondary N) is 2. The zero-order valence-electron chi connectivity index (χ0n) is 23.3. The van der Waals surface area contributed by atoms with Gasteiger partial charge < -0.3 is 15.4 Å². The highest BCUT2D eigenvalue weighted by molar-refractivity contribution is 6.30. The maximum atomic E-state index is 12.4. The van der Waals surface area contributed by atoms with E-state index in [-0.39, 0.29) is 11.8 Å². The first-order valence-corrected chi connectivity index (χ1v) is 14.0. The molecule has 208 valence electrons. The molecule has 0 spiro atoms. The molecule has 1 aromatic rings. The Hall–Kier alpha value is -3.05. The number of unbranched alkanes of at least 4 members (excludes halogenated alkanes) is 1. The molecule has 0 saturated heterocycles. The zero-order valence-corrected chi connectivity index (χ0v) is 24.0. The smallest absolute Gasteiger partial charge is 0.263 e. The minimum atomic E-state index is -1.04. The molecule has 1 rings (SSSR count). The first-order valence-electron chi connectivity index (χ1n) is 13.6. The Kier molecular flexibility index (Phi) is 18.2. The van der Waals surface area contributed by atoms with Crippen molar-refractivity contribution in [1.82, 2.24) is 10.6 Å². The molecular formula is C32H45ClN2O3. The van der Waals surface area contributed by atoms with Crippen LogP contribution in [0.15, 0.2) is 85.0 Å². The molecule has 5 nitrogen and oxygen atoms in total. The Morgan fingerprint density at radius 1 is 0.789 bits per heavy atom. The molecule has 0 saturated carbocycles. The summed E-state index contributed by atoms with van der Waals surface area (Å²) in [6.07, 6.45) is 28.8. The Morgan fingerprint density at radius 3 is 1.84 bits per heavy atom. The van der Waals surface area contributed by atoms with Gasteiger partial charge in [-0.1, -0.05) is 79.3 Å². The molecule has 0 atom stereocenters. The third kappa shape index (κ3) is 17.4. The average Bonchev–Trinajstić information content (AvgIpc) is 2.89. The predicted molar refractivity (Wildman–Crippen MR) is 160 cm³/mol. The molecule has 0 bridgehead atoms. The molecule has 0 aliphatic heterocycles. The van der Waals surface area contributed by atoms with Crippen molar-refractivity contribution in [1.29, 1.82) is 0 Å². The fourth-order valence-electron chi connectivity index (χ4n) is 3.27. The molecule has 0 radical (unpaired) electrons. The summed E-state index contributed by atoms with van der Waals surface area (Å²) in [7, 11) is 0. The van der Waals surface area contributed by atoms with Crippen LogP contribution in [0.1, 0.15) is 72.1 Å². The predicted octanol–water partition coefficient (Wildman–Crippen LogP) is 7.65. The lowest BCUT2D eigenvalue weighted by molar-refractivity contribution is -0.134.